The molecular formula is C14H11ClN4O. The van der Waals surface area contributed by atoms with Crippen molar-refractivity contribution in [3.05, 3.63) is 41.8 Å². The Hall–Kier alpha value is -2.40. The summed E-state index contributed by atoms with van der Waals surface area (Å²) in [4.78, 5) is 12.5. The van der Waals surface area contributed by atoms with Gasteiger partial charge in [0.15, 0.2) is 5.82 Å². The summed E-state index contributed by atoms with van der Waals surface area (Å²) in [6.45, 7) is 0. The highest BCUT2D eigenvalue weighted by molar-refractivity contribution is 6.30. The van der Waals surface area contributed by atoms with Crippen molar-refractivity contribution in [2.75, 3.05) is 12.8 Å². The Bertz CT molecular complexity index is 791. The molecule has 0 spiro atoms. The molecule has 0 bridgehead atoms. The van der Waals surface area contributed by atoms with Gasteiger partial charge in [-0.15, -0.1) is 0 Å². The average molecular weight is 287 g/mol. The highest BCUT2D eigenvalue weighted by Crippen LogP contribution is 2.36. The van der Waals surface area contributed by atoms with E-state index in [1.54, 1.807) is 13.3 Å². The van der Waals surface area contributed by atoms with Crippen LogP contribution >= 0.6 is 11.6 Å². The number of rotatable bonds is 2. The third-order valence-electron chi connectivity index (χ3n) is 2.98. The van der Waals surface area contributed by atoms with Crippen molar-refractivity contribution < 1.29 is 4.74 Å². The molecule has 0 atom stereocenters. The molecule has 0 radical (unpaired) electrons. The maximum atomic E-state index is 6.06. The zero-order chi connectivity index (χ0) is 14.1. The van der Waals surface area contributed by atoms with Crippen molar-refractivity contribution in [1.82, 2.24) is 15.0 Å². The maximum Gasteiger partial charge on any atom is 0.153 e. The van der Waals surface area contributed by atoms with Crippen LogP contribution < -0.4 is 10.5 Å². The molecule has 20 heavy (non-hydrogen) atoms. The molecular weight excluding hydrogens is 276 g/mol. The summed E-state index contributed by atoms with van der Waals surface area (Å²) in [6, 6.07) is 7.46. The van der Waals surface area contributed by atoms with E-state index in [1.165, 1.54) is 6.33 Å². The predicted octanol–water partition coefficient (Wildman–Crippen LogP) is 2.94. The van der Waals surface area contributed by atoms with Crippen molar-refractivity contribution in [3.8, 4) is 16.9 Å². The molecule has 0 amide bonds. The Morgan fingerprint density at radius 3 is 2.75 bits per heavy atom. The zero-order valence-corrected chi connectivity index (χ0v) is 11.4. The number of anilines is 1. The number of hydrogen-bond acceptors (Lipinski definition) is 5. The molecule has 0 saturated carbocycles. The predicted molar refractivity (Wildman–Crippen MR) is 78.7 cm³/mol. The van der Waals surface area contributed by atoms with Crippen LogP contribution in [0, 0.1) is 0 Å². The smallest absolute Gasteiger partial charge is 0.153 e. The number of aromatic nitrogens is 3. The van der Waals surface area contributed by atoms with Gasteiger partial charge < -0.3 is 10.5 Å². The second kappa shape index (κ2) is 4.94. The lowest BCUT2D eigenvalue weighted by atomic mass is 10.0. The highest BCUT2D eigenvalue weighted by atomic mass is 35.5. The molecule has 0 aliphatic rings. The Balaban J connectivity index is 2.40. The Morgan fingerprint density at radius 2 is 2.00 bits per heavy atom. The van der Waals surface area contributed by atoms with Gasteiger partial charge in [-0.2, -0.15) is 0 Å². The second-order valence-electron chi connectivity index (χ2n) is 4.17. The summed E-state index contributed by atoms with van der Waals surface area (Å²) in [5.74, 6) is 0.943. The van der Waals surface area contributed by atoms with E-state index in [0.717, 1.165) is 11.1 Å². The summed E-state index contributed by atoms with van der Waals surface area (Å²) in [7, 11) is 1.58. The standard InChI is InChI=1S/C14H11ClN4O/c1-20-10-6-17-13-12(18-7-19-14(13)16)11(10)8-3-2-4-9(15)5-8/h2-7H,1H3,(H2,16,18,19). The maximum absolute atomic E-state index is 6.06. The van der Waals surface area contributed by atoms with Crippen LogP contribution in [0.2, 0.25) is 5.02 Å². The molecule has 3 rings (SSSR count). The van der Waals surface area contributed by atoms with Gasteiger partial charge in [-0.25, -0.2) is 15.0 Å². The summed E-state index contributed by atoms with van der Waals surface area (Å²) >= 11 is 6.06. The molecule has 0 fully saturated rings. The Kier molecular flexibility index (Phi) is 3.12. The van der Waals surface area contributed by atoms with E-state index in [2.05, 4.69) is 15.0 Å². The van der Waals surface area contributed by atoms with E-state index in [9.17, 15) is 0 Å². The molecule has 6 heteroatoms. The first-order chi connectivity index (χ1) is 9.70. The van der Waals surface area contributed by atoms with Crippen LogP contribution in [0.1, 0.15) is 0 Å². The fourth-order valence-corrected chi connectivity index (χ4v) is 2.28. The van der Waals surface area contributed by atoms with Gasteiger partial charge in [0.05, 0.1) is 18.9 Å². The molecule has 2 N–H and O–H groups in total. The number of fused-ring (bicyclic) bond motifs is 1. The third-order valence-corrected chi connectivity index (χ3v) is 3.21. The van der Waals surface area contributed by atoms with Crippen LogP contribution in [0.4, 0.5) is 5.82 Å². The minimum absolute atomic E-state index is 0.334. The van der Waals surface area contributed by atoms with Crippen molar-refractivity contribution in [3.63, 3.8) is 0 Å². The minimum Gasteiger partial charge on any atom is -0.494 e. The lowest BCUT2D eigenvalue weighted by Gasteiger charge is -2.11. The van der Waals surface area contributed by atoms with Crippen LogP contribution in [0.15, 0.2) is 36.8 Å². The topological polar surface area (TPSA) is 73.9 Å². The van der Waals surface area contributed by atoms with Gasteiger partial charge in [-0.1, -0.05) is 23.7 Å². The molecule has 100 valence electrons. The van der Waals surface area contributed by atoms with Crippen LogP contribution in [-0.4, -0.2) is 22.1 Å². The molecule has 0 saturated heterocycles. The second-order valence-corrected chi connectivity index (χ2v) is 4.60. The summed E-state index contributed by atoms with van der Waals surface area (Å²) in [5.41, 5.74) is 8.72. The number of methoxy groups -OCH3 is 1. The van der Waals surface area contributed by atoms with Crippen molar-refractivity contribution in [2.45, 2.75) is 0 Å². The molecule has 0 aliphatic heterocycles. The molecule has 0 unspecified atom stereocenters. The molecule has 2 heterocycles. The Morgan fingerprint density at radius 1 is 1.15 bits per heavy atom. The number of pyridine rings is 1. The van der Waals surface area contributed by atoms with Crippen LogP contribution in [0.5, 0.6) is 5.75 Å². The van der Waals surface area contributed by atoms with E-state index < -0.39 is 0 Å². The van der Waals surface area contributed by atoms with E-state index in [4.69, 9.17) is 22.1 Å². The summed E-state index contributed by atoms with van der Waals surface area (Å²) in [6.07, 6.45) is 3.02. The average Bonchev–Trinajstić information content (AvgIpc) is 2.46. The lowest BCUT2D eigenvalue weighted by Crippen LogP contribution is -1.99. The largest absolute Gasteiger partial charge is 0.494 e. The van der Waals surface area contributed by atoms with Crippen LogP contribution in [-0.2, 0) is 0 Å². The first-order valence-electron chi connectivity index (χ1n) is 5.90. The van der Waals surface area contributed by atoms with E-state index in [-0.39, 0.29) is 0 Å². The van der Waals surface area contributed by atoms with E-state index >= 15 is 0 Å². The monoisotopic (exact) mass is 286 g/mol. The normalized spacial score (nSPS) is 10.7. The summed E-state index contributed by atoms with van der Waals surface area (Å²) < 4.78 is 5.38. The molecule has 5 nitrogen and oxygen atoms in total. The molecule has 2 aromatic heterocycles. The molecule has 3 aromatic rings. The van der Waals surface area contributed by atoms with E-state index in [0.29, 0.717) is 27.6 Å². The number of nitrogens with two attached hydrogens (primary N) is 1. The van der Waals surface area contributed by atoms with E-state index in [1.807, 2.05) is 24.3 Å². The van der Waals surface area contributed by atoms with Gasteiger partial charge in [-0.3, -0.25) is 0 Å². The van der Waals surface area contributed by atoms with Gasteiger partial charge in [0.25, 0.3) is 0 Å². The molecule has 0 aliphatic carbocycles. The lowest BCUT2D eigenvalue weighted by molar-refractivity contribution is 0.415. The number of halogens is 1. The molecule has 1 aromatic carbocycles. The first kappa shape index (κ1) is 12.6. The van der Waals surface area contributed by atoms with Crippen LogP contribution in [0.3, 0.4) is 0 Å². The third kappa shape index (κ3) is 2.02. The number of nitrogen functional groups attached to an aromatic ring is 1. The van der Waals surface area contributed by atoms with Gasteiger partial charge in [0.1, 0.15) is 23.1 Å². The SMILES string of the molecule is COc1cnc2c(N)ncnc2c1-c1cccc(Cl)c1. The first-order valence-corrected chi connectivity index (χ1v) is 6.27. The van der Waals surface area contributed by atoms with Crippen LogP contribution in [0.25, 0.3) is 22.2 Å². The zero-order valence-electron chi connectivity index (χ0n) is 10.7. The number of nitrogens with zero attached hydrogens (tertiary/aromatic N) is 3. The quantitative estimate of drug-likeness (QED) is 0.784. The summed E-state index contributed by atoms with van der Waals surface area (Å²) in [5, 5.41) is 0.636. The number of benzene rings is 1. The fourth-order valence-electron chi connectivity index (χ4n) is 2.08. The highest BCUT2D eigenvalue weighted by Gasteiger charge is 2.15. The van der Waals surface area contributed by atoms with Crippen molar-refractivity contribution in [2.24, 2.45) is 0 Å². The minimum atomic E-state index is 0.334. The Labute approximate surface area is 120 Å². The van der Waals surface area contributed by atoms with Gasteiger partial charge >= 0.3 is 0 Å². The van der Waals surface area contributed by atoms with Gasteiger partial charge in [-0.05, 0) is 17.7 Å². The van der Waals surface area contributed by atoms with Crippen molar-refractivity contribution in [1.29, 1.82) is 0 Å². The van der Waals surface area contributed by atoms with Gasteiger partial charge in [0, 0.05) is 5.02 Å². The fraction of sp³-hybridized carbons (Fsp3) is 0.0714. The number of hydrogen-bond donors (Lipinski definition) is 1. The number of ether oxygens (including phenoxy) is 1. The van der Waals surface area contributed by atoms with Gasteiger partial charge in [0.2, 0.25) is 0 Å². The van der Waals surface area contributed by atoms with Crippen molar-refractivity contribution >= 4 is 28.5 Å².